The molecule has 0 radical (unpaired) electrons. The predicted octanol–water partition coefficient (Wildman–Crippen LogP) is 2.58. The fourth-order valence-corrected chi connectivity index (χ4v) is 3.99. The molecule has 1 rings (SSSR count). The second-order valence-corrected chi connectivity index (χ2v) is 10.7. The molecule has 0 spiro atoms. The van der Waals surface area contributed by atoms with Gasteiger partial charge in [0, 0.05) is 0 Å². The van der Waals surface area contributed by atoms with Crippen LogP contribution in [0.3, 0.4) is 0 Å². The molecule has 3 heteroatoms. The molecule has 0 fully saturated rings. The van der Waals surface area contributed by atoms with Crippen molar-refractivity contribution in [3.63, 3.8) is 0 Å². The summed E-state index contributed by atoms with van der Waals surface area (Å²) < 4.78 is 2.68. The Bertz CT molecular complexity index is 222. The molecule has 0 aliphatic heterocycles. The minimum atomic E-state index is -1.04. The molecule has 0 aliphatic carbocycles. The van der Waals surface area contributed by atoms with Crippen LogP contribution in [0, 0.1) is 0 Å². The summed E-state index contributed by atoms with van der Waals surface area (Å²) in [7, 11) is -1.04. The summed E-state index contributed by atoms with van der Waals surface area (Å²) in [5.41, 5.74) is 0. The maximum absolute atomic E-state index is 4.28. The Balaban J connectivity index is 2.96. The first kappa shape index (κ1) is 8.36. The highest BCUT2D eigenvalue weighted by Crippen LogP contribution is 2.15. The van der Waals surface area contributed by atoms with Gasteiger partial charge in [0.15, 0.2) is 0 Å². The predicted molar refractivity (Wildman–Crippen MR) is 54.6 cm³/mol. The molecule has 0 saturated heterocycles. The Kier molecular flexibility index (Phi) is 2.27. The number of rotatable bonds is 1. The first-order valence-corrected chi connectivity index (χ1v) is 8.06. The van der Waals surface area contributed by atoms with Gasteiger partial charge in [-0.05, 0) is 10.6 Å². The van der Waals surface area contributed by atoms with Gasteiger partial charge >= 0.3 is 0 Å². The molecular weight excluding hydrogens is 176 g/mol. The first-order chi connectivity index (χ1) is 4.50. The Hall–Kier alpha value is 0.267. The molecule has 0 atom stereocenters. The van der Waals surface area contributed by atoms with Crippen molar-refractivity contribution in [1.29, 1.82) is 0 Å². The molecule has 0 amide bonds. The van der Waals surface area contributed by atoms with Gasteiger partial charge in [-0.25, -0.2) is 0 Å². The molecule has 56 valence electrons. The van der Waals surface area contributed by atoms with E-state index in [2.05, 4.69) is 44.4 Å². The zero-order chi connectivity index (χ0) is 7.78. The highest BCUT2D eigenvalue weighted by Gasteiger charge is 2.17. The van der Waals surface area contributed by atoms with E-state index in [0.29, 0.717) is 0 Å². The molecule has 0 N–H and O–H groups in total. The van der Waals surface area contributed by atoms with Crippen molar-refractivity contribution in [3.05, 3.63) is 12.1 Å². The van der Waals surface area contributed by atoms with Gasteiger partial charge in [0.2, 0.25) is 0 Å². The van der Waals surface area contributed by atoms with Crippen LogP contribution in [0.2, 0.25) is 19.6 Å². The van der Waals surface area contributed by atoms with Crippen molar-refractivity contribution in [1.82, 2.24) is 0 Å². The number of hydrogen-bond acceptors (Lipinski definition) is 2. The molecule has 10 heavy (non-hydrogen) atoms. The Labute approximate surface area is 72.7 Å². The topological polar surface area (TPSA) is 0 Å². The fraction of sp³-hybridized carbons (Fsp3) is 0.429. The van der Waals surface area contributed by atoms with E-state index in [1.165, 1.54) is 4.50 Å². The summed E-state index contributed by atoms with van der Waals surface area (Å²) in [4.78, 5) is 0. The SMILES string of the molecule is C[Si](C)(C)c1ccc(S)s1. The largest absolute Gasteiger partial charge is 0.139 e. The van der Waals surface area contributed by atoms with E-state index >= 15 is 0 Å². The zero-order valence-corrected chi connectivity index (χ0v) is 9.22. The summed E-state index contributed by atoms with van der Waals surface area (Å²) in [6, 6.07) is 4.29. The van der Waals surface area contributed by atoms with Crippen molar-refractivity contribution < 1.29 is 0 Å². The van der Waals surface area contributed by atoms with E-state index in [1.807, 2.05) is 11.3 Å². The lowest BCUT2D eigenvalue weighted by atomic mass is 10.7. The van der Waals surface area contributed by atoms with Gasteiger partial charge in [0.05, 0.1) is 12.3 Å². The highest BCUT2D eigenvalue weighted by molar-refractivity contribution is 7.83. The Morgan fingerprint density at radius 2 is 1.90 bits per heavy atom. The van der Waals surface area contributed by atoms with Gasteiger partial charge in [0.25, 0.3) is 0 Å². The van der Waals surface area contributed by atoms with E-state index in [9.17, 15) is 0 Å². The molecule has 1 aromatic heterocycles. The van der Waals surface area contributed by atoms with Crippen molar-refractivity contribution in [3.8, 4) is 0 Å². The van der Waals surface area contributed by atoms with Crippen LogP contribution < -0.4 is 4.50 Å². The van der Waals surface area contributed by atoms with E-state index in [-0.39, 0.29) is 0 Å². The number of thiol groups is 1. The summed E-state index contributed by atoms with van der Waals surface area (Å²) in [5.74, 6) is 0. The van der Waals surface area contributed by atoms with Crippen molar-refractivity contribution in [2.75, 3.05) is 0 Å². The van der Waals surface area contributed by atoms with Crippen LogP contribution in [0.4, 0.5) is 0 Å². The maximum atomic E-state index is 4.28. The second-order valence-electron chi connectivity index (χ2n) is 3.39. The van der Waals surface area contributed by atoms with Crippen molar-refractivity contribution in [2.24, 2.45) is 0 Å². The van der Waals surface area contributed by atoms with Crippen LogP contribution in [-0.2, 0) is 0 Å². The summed E-state index contributed by atoms with van der Waals surface area (Å²) >= 11 is 6.10. The average molecular weight is 188 g/mol. The molecule has 0 aliphatic rings. The molecule has 0 saturated carbocycles. The second kappa shape index (κ2) is 2.72. The summed E-state index contributed by atoms with van der Waals surface area (Å²) in [6.45, 7) is 7.06. The van der Waals surface area contributed by atoms with Gasteiger partial charge in [-0.15, -0.1) is 24.0 Å². The summed E-state index contributed by atoms with van der Waals surface area (Å²) in [6.07, 6.45) is 0. The van der Waals surface area contributed by atoms with Gasteiger partial charge in [-0.3, -0.25) is 0 Å². The third kappa shape index (κ3) is 1.87. The van der Waals surface area contributed by atoms with Crippen LogP contribution in [0.15, 0.2) is 16.3 Å². The van der Waals surface area contributed by atoms with E-state index in [0.717, 1.165) is 4.21 Å². The third-order valence-electron chi connectivity index (χ3n) is 1.33. The Morgan fingerprint density at radius 1 is 1.30 bits per heavy atom. The number of hydrogen-bond donors (Lipinski definition) is 1. The summed E-state index contributed by atoms with van der Waals surface area (Å²) in [5, 5.41) is 0. The Morgan fingerprint density at radius 3 is 2.10 bits per heavy atom. The van der Waals surface area contributed by atoms with Crippen LogP contribution in [0.25, 0.3) is 0 Å². The molecule has 1 heterocycles. The standard InChI is InChI=1S/C7H12S2Si/c1-10(2,3)7-5-4-6(8)9-7/h4-5,8H,1-3H3. The molecule has 0 aromatic carbocycles. The van der Waals surface area contributed by atoms with Crippen LogP contribution in [0.5, 0.6) is 0 Å². The third-order valence-corrected chi connectivity index (χ3v) is 6.24. The molecule has 0 nitrogen and oxygen atoms in total. The van der Waals surface area contributed by atoms with Gasteiger partial charge in [-0.2, -0.15) is 0 Å². The fourth-order valence-electron chi connectivity index (χ4n) is 0.731. The minimum absolute atomic E-state index is 1.04. The van der Waals surface area contributed by atoms with Crippen molar-refractivity contribution >= 4 is 36.5 Å². The maximum Gasteiger partial charge on any atom is 0.0904 e. The minimum Gasteiger partial charge on any atom is -0.139 e. The zero-order valence-electron chi connectivity index (χ0n) is 6.51. The highest BCUT2D eigenvalue weighted by atomic mass is 32.2. The van der Waals surface area contributed by atoms with E-state index < -0.39 is 8.07 Å². The van der Waals surface area contributed by atoms with Gasteiger partial charge in [-0.1, -0.05) is 25.7 Å². The molecule has 1 aromatic rings. The monoisotopic (exact) mass is 188 g/mol. The normalized spacial score (nSPS) is 12.0. The average Bonchev–Trinajstić information content (AvgIpc) is 2.11. The van der Waals surface area contributed by atoms with Gasteiger partial charge < -0.3 is 0 Å². The van der Waals surface area contributed by atoms with Crippen LogP contribution in [-0.4, -0.2) is 8.07 Å². The smallest absolute Gasteiger partial charge is 0.0904 e. The van der Waals surface area contributed by atoms with Gasteiger partial charge in [0.1, 0.15) is 0 Å². The molecule has 0 unspecified atom stereocenters. The molecule has 0 bridgehead atoms. The quantitative estimate of drug-likeness (QED) is 0.508. The first-order valence-electron chi connectivity index (χ1n) is 3.29. The molecular formula is C7H12S2Si. The number of thiophene rings is 1. The van der Waals surface area contributed by atoms with Crippen molar-refractivity contribution in [2.45, 2.75) is 23.9 Å². The van der Waals surface area contributed by atoms with Crippen LogP contribution in [0.1, 0.15) is 0 Å². The van der Waals surface area contributed by atoms with E-state index in [1.54, 1.807) is 0 Å². The lowest BCUT2D eigenvalue weighted by Gasteiger charge is -2.11. The van der Waals surface area contributed by atoms with E-state index in [4.69, 9.17) is 0 Å². The van der Waals surface area contributed by atoms with Crippen LogP contribution >= 0.6 is 24.0 Å². The lowest BCUT2D eigenvalue weighted by molar-refractivity contribution is 1.75. The lowest BCUT2D eigenvalue weighted by Crippen LogP contribution is -2.34.